The number of anilines is 1. The number of nitrogens with zero attached hydrogens (tertiary/aromatic N) is 1. The average Bonchev–Trinajstić information content (AvgIpc) is 2.58. The van der Waals surface area contributed by atoms with Crippen LogP contribution in [0, 0.1) is 0 Å². The first-order valence-corrected chi connectivity index (χ1v) is 7.41. The minimum Gasteiger partial charge on any atom is -0.394 e. The molecule has 0 aliphatic carbocycles. The van der Waals surface area contributed by atoms with Crippen molar-refractivity contribution in [3.05, 3.63) is 66.2 Å². The number of para-hydroxylation sites is 1. The molecule has 0 radical (unpaired) electrons. The molecule has 0 spiro atoms. The van der Waals surface area contributed by atoms with Crippen LogP contribution in [-0.2, 0) is 5.54 Å². The summed E-state index contributed by atoms with van der Waals surface area (Å²) in [6.45, 7) is 3.79. The smallest absolute Gasteiger partial charge is 0.0844 e. The Morgan fingerprint density at radius 2 is 1.57 bits per heavy atom. The number of benzene rings is 2. The third kappa shape index (κ3) is 3.43. The Labute approximate surface area is 127 Å². The highest BCUT2D eigenvalue weighted by Gasteiger charge is 2.31. The van der Waals surface area contributed by atoms with Crippen LogP contribution in [0.2, 0.25) is 0 Å². The molecule has 2 aromatic carbocycles. The van der Waals surface area contributed by atoms with Gasteiger partial charge in [-0.1, -0.05) is 48.5 Å². The summed E-state index contributed by atoms with van der Waals surface area (Å²) in [7, 11) is 1.90. The molecule has 0 fully saturated rings. The topological polar surface area (TPSA) is 35.5 Å². The summed E-state index contributed by atoms with van der Waals surface area (Å²) in [4.78, 5) is 2.28. The fourth-order valence-corrected chi connectivity index (χ4v) is 2.64. The van der Waals surface area contributed by atoms with Gasteiger partial charge in [-0.2, -0.15) is 0 Å². The maximum atomic E-state index is 10.0. The molecule has 2 N–H and O–H groups in total. The predicted molar refractivity (Wildman–Crippen MR) is 88.6 cm³/mol. The van der Waals surface area contributed by atoms with Crippen molar-refractivity contribution in [3.63, 3.8) is 0 Å². The van der Waals surface area contributed by atoms with Crippen LogP contribution in [0.1, 0.15) is 12.5 Å². The minimum absolute atomic E-state index is 0.0524. The van der Waals surface area contributed by atoms with E-state index in [1.165, 1.54) is 5.69 Å². The molecule has 0 amide bonds. The van der Waals surface area contributed by atoms with Gasteiger partial charge >= 0.3 is 0 Å². The molecule has 0 saturated heterocycles. The Balaban J connectivity index is 2.31. The van der Waals surface area contributed by atoms with E-state index in [0.717, 1.165) is 12.1 Å². The van der Waals surface area contributed by atoms with Gasteiger partial charge in [0.05, 0.1) is 12.1 Å². The molecule has 3 nitrogen and oxygen atoms in total. The van der Waals surface area contributed by atoms with Gasteiger partial charge in [-0.25, -0.2) is 0 Å². The van der Waals surface area contributed by atoms with E-state index in [4.69, 9.17) is 0 Å². The number of aliphatic hydroxyl groups excluding tert-OH is 1. The predicted octanol–water partition coefficient (Wildman–Crippen LogP) is 2.62. The monoisotopic (exact) mass is 284 g/mol. The quantitative estimate of drug-likeness (QED) is 0.820. The largest absolute Gasteiger partial charge is 0.394 e. The lowest BCUT2D eigenvalue weighted by molar-refractivity contribution is 0.172. The third-order valence-corrected chi connectivity index (χ3v) is 4.04. The van der Waals surface area contributed by atoms with Gasteiger partial charge in [-0.05, 0) is 31.7 Å². The normalized spacial score (nSPS) is 13.7. The SMILES string of the molecule is CCN(CC(CO)(NC)c1ccccc1)c1ccccc1. The van der Waals surface area contributed by atoms with Gasteiger partial charge in [0.15, 0.2) is 0 Å². The van der Waals surface area contributed by atoms with Crippen molar-refractivity contribution in [3.8, 4) is 0 Å². The maximum absolute atomic E-state index is 10.0. The van der Waals surface area contributed by atoms with Crippen LogP contribution in [0.5, 0.6) is 0 Å². The van der Waals surface area contributed by atoms with E-state index in [-0.39, 0.29) is 6.61 Å². The second-order valence-electron chi connectivity index (χ2n) is 5.21. The first-order chi connectivity index (χ1) is 10.3. The molecule has 112 valence electrons. The Morgan fingerprint density at radius 3 is 2.05 bits per heavy atom. The molecule has 21 heavy (non-hydrogen) atoms. The molecule has 0 saturated carbocycles. The van der Waals surface area contributed by atoms with Crippen LogP contribution in [0.15, 0.2) is 60.7 Å². The number of rotatable bonds is 7. The van der Waals surface area contributed by atoms with E-state index in [1.54, 1.807) is 0 Å². The van der Waals surface area contributed by atoms with Gasteiger partial charge in [0.2, 0.25) is 0 Å². The van der Waals surface area contributed by atoms with Crippen LogP contribution in [0.3, 0.4) is 0 Å². The lowest BCUT2D eigenvalue weighted by Crippen LogP contribution is -2.52. The fraction of sp³-hybridized carbons (Fsp3) is 0.333. The standard InChI is InChI=1S/C18H24N2O/c1-3-20(17-12-8-5-9-13-17)14-18(15-21,19-2)16-10-6-4-7-11-16/h4-13,19,21H,3,14-15H2,1-2H3. The molecule has 1 unspecified atom stereocenters. The first-order valence-electron chi connectivity index (χ1n) is 7.41. The van der Waals surface area contributed by atoms with E-state index in [2.05, 4.69) is 41.4 Å². The summed E-state index contributed by atoms with van der Waals surface area (Å²) in [5, 5.41) is 13.4. The van der Waals surface area contributed by atoms with Crippen LogP contribution in [-0.4, -0.2) is 31.9 Å². The second-order valence-corrected chi connectivity index (χ2v) is 5.21. The molecule has 1 atom stereocenters. The number of nitrogens with one attached hydrogen (secondary N) is 1. The van der Waals surface area contributed by atoms with Gasteiger partial charge in [0.25, 0.3) is 0 Å². The third-order valence-electron chi connectivity index (χ3n) is 4.04. The zero-order chi connectivity index (χ0) is 15.1. The zero-order valence-electron chi connectivity index (χ0n) is 12.8. The zero-order valence-corrected chi connectivity index (χ0v) is 12.8. The van der Waals surface area contributed by atoms with Gasteiger partial charge in [0.1, 0.15) is 0 Å². The van der Waals surface area contributed by atoms with Gasteiger partial charge < -0.3 is 15.3 Å². The van der Waals surface area contributed by atoms with Crippen molar-refractivity contribution in [2.24, 2.45) is 0 Å². The van der Waals surface area contributed by atoms with Crippen molar-refractivity contribution in [2.45, 2.75) is 12.5 Å². The van der Waals surface area contributed by atoms with Crippen molar-refractivity contribution in [1.29, 1.82) is 0 Å². The Hall–Kier alpha value is -1.84. The highest BCUT2D eigenvalue weighted by atomic mass is 16.3. The molecule has 0 aliphatic heterocycles. The number of likely N-dealkylation sites (N-methyl/N-ethyl adjacent to an activating group) is 2. The lowest BCUT2D eigenvalue weighted by Gasteiger charge is -2.38. The molecule has 2 aromatic rings. The van der Waals surface area contributed by atoms with Crippen molar-refractivity contribution in [1.82, 2.24) is 5.32 Å². The molecule has 0 aliphatic rings. The van der Waals surface area contributed by atoms with Gasteiger partial charge in [0, 0.05) is 18.8 Å². The number of hydrogen-bond acceptors (Lipinski definition) is 3. The summed E-state index contributed by atoms with van der Waals surface area (Å²) in [5.41, 5.74) is 1.81. The van der Waals surface area contributed by atoms with E-state index in [1.807, 2.05) is 43.4 Å². The van der Waals surface area contributed by atoms with Crippen LogP contribution < -0.4 is 10.2 Å². The van der Waals surface area contributed by atoms with Gasteiger partial charge in [-0.3, -0.25) is 0 Å². The number of aliphatic hydroxyl groups is 1. The summed E-state index contributed by atoms with van der Waals surface area (Å²) in [6, 6.07) is 20.4. The van der Waals surface area contributed by atoms with E-state index in [0.29, 0.717) is 6.54 Å². The molecule has 3 heteroatoms. The fourth-order valence-electron chi connectivity index (χ4n) is 2.64. The van der Waals surface area contributed by atoms with Crippen molar-refractivity contribution < 1.29 is 5.11 Å². The Bertz CT molecular complexity index is 523. The maximum Gasteiger partial charge on any atom is 0.0844 e. The molecule has 0 bridgehead atoms. The first kappa shape index (κ1) is 15.5. The Kier molecular flexibility index (Phi) is 5.37. The van der Waals surface area contributed by atoms with Crippen LogP contribution >= 0.6 is 0 Å². The molecule has 2 rings (SSSR count). The van der Waals surface area contributed by atoms with E-state index in [9.17, 15) is 5.11 Å². The summed E-state index contributed by atoms with van der Waals surface area (Å²) < 4.78 is 0. The molecular formula is C18H24N2O. The van der Waals surface area contributed by atoms with E-state index < -0.39 is 5.54 Å². The van der Waals surface area contributed by atoms with Gasteiger partial charge in [-0.15, -0.1) is 0 Å². The highest BCUT2D eigenvalue weighted by Crippen LogP contribution is 2.24. The lowest BCUT2D eigenvalue weighted by atomic mass is 9.90. The van der Waals surface area contributed by atoms with Crippen molar-refractivity contribution >= 4 is 5.69 Å². The van der Waals surface area contributed by atoms with Crippen LogP contribution in [0.25, 0.3) is 0 Å². The second kappa shape index (κ2) is 7.25. The molecule has 0 aromatic heterocycles. The van der Waals surface area contributed by atoms with E-state index >= 15 is 0 Å². The van der Waals surface area contributed by atoms with Crippen molar-refractivity contribution in [2.75, 3.05) is 31.6 Å². The summed E-state index contributed by atoms with van der Waals surface area (Å²) >= 11 is 0. The average molecular weight is 284 g/mol. The molecule has 0 heterocycles. The summed E-state index contributed by atoms with van der Waals surface area (Å²) in [6.07, 6.45) is 0. The molecular weight excluding hydrogens is 260 g/mol. The minimum atomic E-state index is -0.465. The van der Waals surface area contributed by atoms with Crippen LogP contribution in [0.4, 0.5) is 5.69 Å². The highest BCUT2D eigenvalue weighted by molar-refractivity contribution is 5.47. The Morgan fingerprint density at radius 1 is 1.00 bits per heavy atom. The summed E-state index contributed by atoms with van der Waals surface area (Å²) in [5.74, 6) is 0. The number of hydrogen-bond donors (Lipinski definition) is 2.